The highest BCUT2D eigenvalue weighted by Crippen LogP contribution is 2.20. The van der Waals surface area contributed by atoms with E-state index in [1.807, 2.05) is 19.9 Å². The van der Waals surface area contributed by atoms with Gasteiger partial charge in [-0.25, -0.2) is 0 Å². The third-order valence-electron chi connectivity index (χ3n) is 3.69. The summed E-state index contributed by atoms with van der Waals surface area (Å²) < 4.78 is 1.53. The molecule has 0 aliphatic carbocycles. The molecule has 0 unspecified atom stereocenters. The fourth-order valence-corrected chi connectivity index (χ4v) is 2.40. The molecule has 0 bridgehead atoms. The van der Waals surface area contributed by atoms with Gasteiger partial charge < -0.3 is 0 Å². The molecule has 1 aromatic carbocycles. The molecule has 24 heavy (non-hydrogen) atoms. The van der Waals surface area contributed by atoms with Crippen molar-refractivity contribution in [2.45, 2.75) is 27.3 Å². The van der Waals surface area contributed by atoms with Crippen molar-refractivity contribution in [1.82, 2.24) is 9.78 Å². The summed E-state index contributed by atoms with van der Waals surface area (Å²) in [6.45, 7) is 5.39. The molecule has 1 amide bonds. The topological polar surface area (TPSA) is 79.0 Å². The lowest BCUT2D eigenvalue weighted by Crippen LogP contribution is -2.29. The second-order valence-corrected chi connectivity index (χ2v) is 5.95. The molecule has 0 saturated heterocycles. The SMILES string of the molecule is CC(=O)N(Cc1cccc(C#N)c1)c1cc(C(=O)C(C)C)nn1C. The van der Waals surface area contributed by atoms with Crippen LogP contribution in [0, 0.1) is 17.2 Å². The van der Waals surface area contributed by atoms with Crippen LogP contribution in [-0.2, 0) is 18.4 Å². The fraction of sp³-hybridized carbons (Fsp3) is 0.333. The maximum atomic E-state index is 12.1. The summed E-state index contributed by atoms with van der Waals surface area (Å²) in [5.74, 6) is 0.162. The number of benzene rings is 1. The van der Waals surface area contributed by atoms with Crippen LogP contribution < -0.4 is 4.90 Å². The molecule has 0 atom stereocenters. The Balaban J connectivity index is 2.36. The number of anilines is 1. The fourth-order valence-electron chi connectivity index (χ4n) is 2.40. The number of hydrogen-bond acceptors (Lipinski definition) is 4. The molecule has 2 aromatic rings. The lowest BCUT2D eigenvalue weighted by atomic mass is 10.1. The average molecular weight is 324 g/mol. The van der Waals surface area contributed by atoms with Crippen LogP contribution in [-0.4, -0.2) is 21.5 Å². The molecule has 0 saturated carbocycles. The quantitative estimate of drug-likeness (QED) is 0.792. The number of aromatic nitrogens is 2. The lowest BCUT2D eigenvalue weighted by molar-refractivity contribution is -0.116. The van der Waals surface area contributed by atoms with Crippen molar-refractivity contribution >= 4 is 17.5 Å². The zero-order valence-electron chi connectivity index (χ0n) is 14.3. The van der Waals surface area contributed by atoms with Gasteiger partial charge in [0.25, 0.3) is 0 Å². The van der Waals surface area contributed by atoms with Crippen LogP contribution in [0.15, 0.2) is 30.3 Å². The Hall–Kier alpha value is -2.94. The number of rotatable bonds is 5. The van der Waals surface area contributed by atoms with Gasteiger partial charge in [0.2, 0.25) is 5.91 Å². The van der Waals surface area contributed by atoms with E-state index in [1.165, 1.54) is 11.6 Å². The first kappa shape index (κ1) is 17.4. The smallest absolute Gasteiger partial charge is 0.225 e. The number of ketones is 1. The van der Waals surface area contributed by atoms with Gasteiger partial charge in [-0.3, -0.25) is 19.2 Å². The Bertz CT molecular complexity index is 815. The van der Waals surface area contributed by atoms with E-state index in [9.17, 15) is 9.59 Å². The maximum absolute atomic E-state index is 12.1. The number of hydrogen-bond donors (Lipinski definition) is 0. The minimum Gasteiger partial charge on any atom is -0.293 e. The molecule has 2 rings (SSSR count). The first-order chi connectivity index (χ1) is 11.3. The van der Waals surface area contributed by atoms with Gasteiger partial charge in [0.1, 0.15) is 11.5 Å². The highest BCUT2D eigenvalue weighted by Gasteiger charge is 2.21. The van der Waals surface area contributed by atoms with Gasteiger partial charge in [0.05, 0.1) is 18.2 Å². The number of nitrogens with zero attached hydrogens (tertiary/aromatic N) is 4. The monoisotopic (exact) mass is 324 g/mol. The second-order valence-electron chi connectivity index (χ2n) is 5.95. The summed E-state index contributed by atoms with van der Waals surface area (Å²) >= 11 is 0. The van der Waals surface area contributed by atoms with E-state index in [4.69, 9.17) is 5.26 Å². The molecular weight excluding hydrogens is 304 g/mol. The number of nitriles is 1. The highest BCUT2D eigenvalue weighted by atomic mass is 16.2. The predicted octanol–water partition coefficient (Wildman–Crippen LogP) is 2.68. The maximum Gasteiger partial charge on any atom is 0.225 e. The number of carbonyl (C=O) groups excluding carboxylic acids is 2. The van der Waals surface area contributed by atoms with Gasteiger partial charge >= 0.3 is 0 Å². The van der Waals surface area contributed by atoms with Crippen molar-refractivity contribution in [2.75, 3.05) is 4.90 Å². The highest BCUT2D eigenvalue weighted by molar-refractivity contribution is 5.98. The van der Waals surface area contributed by atoms with Gasteiger partial charge in [-0.05, 0) is 17.7 Å². The van der Waals surface area contributed by atoms with Crippen molar-refractivity contribution in [2.24, 2.45) is 13.0 Å². The summed E-state index contributed by atoms with van der Waals surface area (Å²) in [5, 5.41) is 13.2. The molecule has 6 nitrogen and oxygen atoms in total. The molecule has 0 aliphatic rings. The molecule has 0 radical (unpaired) electrons. The third-order valence-corrected chi connectivity index (χ3v) is 3.69. The Morgan fingerprint density at radius 2 is 2.04 bits per heavy atom. The van der Waals surface area contributed by atoms with E-state index in [1.54, 1.807) is 36.2 Å². The summed E-state index contributed by atoms with van der Waals surface area (Å²) in [5.41, 5.74) is 1.72. The Morgan fingerprint density at radius 3 is 2.62 bits per heavy atom. The summed E-state index contributed by atoms with van der Waals surface area (Å²) in [7, 11) is 1.70. The zero-order valence-corrected chi connectivity index (χ0v) is 14.3. The molecule has 0 N–H and O–H groups in total. The van der Waals surface area contributed by atoms with Crippen LogP contribution in [0.2, 0.25) is 0 Å². The number of aryl methyl sites for hydroxylation is 1. The van der Waals surface area contributed by atoms with E-state index in [0.717, 1.165) is 5.56 Å². The standard InChI is InChI=1S/C18H20N4O2/c1-12(2)18(24)16-9-17(21(4)20-16)22(13(3)23)11-15-7-5-6-14(8-15)10-19/h5-9,12H,11H2,1-4H3. The van der Waals surface area contributed by atoms with Gasteiger partial charge in [-0.15, -0.1) is 0 Å². The molecule has 0 fully saturated rings. The molecule has 124 valence electrons. The zero-order chi connectivity index (χ0) is 17.9. The predicted molar refractivity (Wildman–Crippen MR) is 90.4 cm³/mol. The van der Waals surface area contributed by atoms with Gasteiger partial charge in [-0.2, -0.15) is 10.4 Å². The molecule has 0 spiro atoms. The van der Waals surface area contributed by atoms with Crippen LogP contribution in [0.25, 0.3) is 0 Å². The van der Waals surface area contributed by atoms with E-state index < -0.39 is 0 Å². The first-order valence-corrected chi connectivity index (χ1v) is 7.69. The van der Waals surface area contributed by atoms with E-state index in [-0.39, 0.29) is 17.6 Å². The van der Waals surface area contributed by atoms with Crippen LogP contribution in [0.3, 0.4) is 0 Å². The number of Topliss-reactive ketones (excluding diaryl/α,β-unsaturated/α-hetero) is 1. The normalized spacial score (nSPS) is 10.5. The minimum atomic E-state index is -0.163. The number of carbonyl (C=O) groups is 2. The van der Waals surface area contributed by atoms with E-state index in [2.05, 4.69) is 11.2 Å². The first-order valence-electron chi connectivity index (χ1n) is 7.69. The van der Waals surface area contributed by atoms with Gasteiger partial charge in [-0.1, -0.05) is 26.0 Å². The minimum absolute atomic E-state index is 0.0631. The van der Waals surface area contributed by atoms with Crippen molar-refractivity contribution in [3.05, 3.63) is 47.2 Å². The molecule has 1 aromatic heterocycles. The summed E-state index contributed by atoms with van der Waals surface area (Å²) in [4.78, 5) is 25.8. The van der Waals surface area contributed by atoms with Crippen LogP contribution in [0.5, 0.6) is 0 Å². The summed E-state index contributed by atoms with van der Waals surface area (Å²) in [6.07, 6.45) is 0. The molecule has 1 heterocycles. The summed E-state index contributed by atoms with van der Waals surface area (Å²) in [6, 6.07) is 10.8. The van der Waals surface area contributed by atoms with Crippen molar-refractivity contribution in [3.8, 4) is 6.07 Å². The Labute approximate surface area is 141 Å². The third kappa shape index (κ3) is 3.69. The lowest BCUT2D eigenvalue weighted by Gasteiger charge is -2.21. The van der Waals surface area contributed by atoms with Gasteiger partial charge in [0.15, 0.2) is 5.78 Å². The average Bonchev–Trinajstić information content (AvgIpc) is 2.93. The Morgan fingerprint density at radius 1 is 1.33 bits per heavy atom. The molecule has 0 aliphatic heterocycles. The van der Waals surface area contributed by atoms with Crippen molar-refractivity contribution in [1.29, 1.82) is 5.26 Å². The largest absolute Gasteiger partial charge is 0.293 e. The van der Waals surface area contributed by atoms with Crippen LogP contribution in [0.1, 0.15) is 42.4 Å². The second kappa shape index (κ2) is 7.09. The number of amides is 1. The van der Waals surface area contributed by atoms with Crippen molar-refractivity contribution < 1.29 is 9.59 Å². The van der Waals surface area contributed by atoms with E-state index in [0.29, 0.717) is 23.6 Å². The molecule has 6 heteroatoms. The van der Waals surface area contributed by atoms with Crippen LogP contribution in [0.4, 0.5) is 5.82 Å². The van der Waals surface area contributed by atoms with Crippen LogP contribution >= 0.6 is 0 Å². The Kier molecular flexibility index (Phi) is 5.14. The molecular formula is C18H20N4O2. The van der Waals surface area contributed by atoms with Gasteiger partial charge in [0, 0.05) is 26.0 Å². The van der Waals surface area contributed by atoms with Crippen molar-refractivity contribution in [3.63, 3.8) is 0 Å². The van der Waals surface area contributed by atoms with E-state index >= 15 is 0 Å².